The van der Waals surface area contributed by atoms with E-state index in [9.17, 15) is 19.0 Å². The predicted octanol–water partition coefficient (Wildman–Crippen LogP) is 28.4. The summed E-state index contributed by atoms with van der Waals surface area (Å²) in [7, 11) is 1.18. The Labute approximate surface area is 631 Å². The van der Waals surface area contributed by atoms with Crippen molar-refractivity contribution in [2.24, 2.45) is 0 Å². The Bertz CT molecular complexity index is 2190. The summed E-state index contributed by atoms with van der Waals surface area (Å²) in [6.07, 6.45) is 119. The Hall–Kier alpha value is -3.85. The molecule has 0 aromatic carbocycles. The van der Waals surface area contributed by atoms with Gasteiger partial charge in [-0.25, -0.2) is 0 Å². The lowest BCUT2D eigenvalue weighted by atomic mass is 10.0. The first-order valence-corrected chi connectivity index (χ1v) is 44.4. The zero-order valence-corrected chi connectivity index (χ0v) is 68.2. The highest BCUT2D eigenvalue weighted by Crippen LogP contribution is 2.38. The fourth-order valence-electron chi connectivity index (χ4n) is 12.2. The van der Waals surface area contributed by atoms with Gasteiger partial charge in [0.25, 0.3) is 7.82 Å². The molecule has 10 heteroatoms. The maximum atomic E-state index is 12.9. The third kappa shape index (κ3) is 85.1. The molecule has 2 atom stereocenters. The van der Waals surface area contributed by atoms with Crippen LogP contribution >= 0.6 is 7.82 Å². The molecular weight excluding hydrogens is 1280 g/mol. The molecular formula is C92H162NO8P. The molecule has 0 aliphatic rings. The number of quaternary nitrogens is 1. The van der Waals surface area contributed by atoms with Crippen molar-refractivity contribution in [2.45, 2.75) is 392 Å². The minimum Gasteiger partial charge on any atom is -0.756 e. The summed E-state index contributed by atoms with van der Waals surface area (Å²) in [5, 5.41) is 0. The van der Waals surface area contributed by atoms with Gasteiger partial charge in [-0.2, -0.15) is 0 Å². The number of hydrogen-bond acceptors (Lipinski definition) is 8. The van der Waals surface area contributed by atoms with Gasteiger partial charge in [-0.15, -0.1) is 0 Å². The second-order valence-corrected chi connectivity index (χ2v) is 31.2. The number of phosphoric ester groups is 1. The van der Waals surface area contributed by atoms with Crippen molar-refractivity contribution in [3.63, 3.8) is 0 Å². The lowest BCUT2D eigenvalue weighted by Crippen LogP contribution is -2.37. The summed E-state index contributed by atoms with van der Waals surface area (Å²) in [6, 6.07) is 0. The molecule has 0 fully saturated rings. The number of rotatable bonds is 79. The van der Waals surface area contributed by atoms with Gasteiger partial charge in [0.2, 0.25) is 0 Å². The molecule has 0 aliphatic heterocycles. The monoisotopic (exact) mass is 1440 g/mol. The fraction of sp³-hybridized carbons (Fsp3) is 0.739. The Balaban J connectivity index is 3.90. The molecule has 0 aromatic rings. The van der Waals surface area contributed by atoms with Crippen molar-refractivity contribution in [2.75, 3.05) is 47.5 Å². The summed E-state index contributed by atoms with van der Waals surface area (Å²) in [5.74, 6) is -0.817. The van der Waals surface area contributed by atoms with Crippen LogP contribution in [0.2, 0.25) is 0 Å². The normalized spacial score (nSPS) is 13.7. The highest BCUT2D eigenvalue weighted by Gasteiger charge is 2.22. The lowest BCUT2D eigenvalue weighted by molar-refractivity contribution is -0.870. The van der Waals surface area contributed by atoms with Gasteiger partial charge >= 0.3 is 11.9 Å². The van der Waals surface area contributed by atoms with Gasteiger partial charge < -0.3 is 27.9 Å². The van der Waals surface area contributed by atoms with Gasteiger partial charge in [0.1, 0.15) is 19.8 Å². The van der Waals surface area contributed by atoms with Crippen molar-refractivity contribution in [3.8, 4) is 0 Å². The topological polar surface area (TPSA) is 111 Å². The smallest absolute Gasteiger partial charge is 0.306 e. The minimum atomic E-state index is -4.65. The molecule has 0 aromatic heterocycles. The third-order valence-corrected chi connectivity index (χ3v) is 19.6. The third-order valence-electron chi connectivity index (χ3n) is 18.7. The molecule has 0 bridgehead atoms. The van der Waals surface area contributed by atoms with E-state index in [1.54, 1.807) is 0 Å². The number of ether oxygens (including phenoxy) is 2. The first-order chi connectivity index (χ1) is 50.0. The van der Waals surface area contributed by atoms with Crippen LogP contribution in [0.3, 0.4) is 0 Å². The average molecular weight is 1440 g/mol. The van der Waals surface area contributed by atoms with Crippen LogP contribution in [0.1, 0.15) is 386 Å². The summed E-state index contributed by atoms with van der Waals surface area (Å²) in [5.41, 5.74) is 0. The maximum absolute atomic E-state index is 12.9. The van der Waals surface area contributed by atoms with Gasteiger partial charge in [0, 0.05) is 12.8 Å². The van der Waals surface area contributed by atoms with Crippen LogP contribution in [-0.4, -0.2) is 70.0 Å². The van der Waals surface area contributed by atoms with Crippen LogP contribution in [-0.2, 0) is 32.7 Å². The highest BCUT2D eigenvalue weighted by molar-refractivity contribution is 7.45. The van der Waals surface area contributed by atoms with Crippen LogP contribution in [0.15, 0.2) is 134 Å². The van der Waals surface area contributed by atoms with Crippen LogP contribution in [0.5, 0.6) is 0 Å². The molecule has 0 aliphatic carbocycles. The van der Waals surface area contributed by atoms with Gasteiger partial charge in [-0.05, 0) is 109 Å². The molecule has 0 amide bonds. The molecule has 102 heavy (non-hydrogen) atoms. The van der Waals surface area contributed by atoms with E-state index in [2.05, 4.69) is 148 Å². The molecule has 588 valence electrons. The second kappa shape index (κ2) is 81.2. The van der Waals surface area contributed by atoms with Crippen molar-refractivity contribution in [3.05, 3.63) is 134 Å². The summed E-state index contributed by atoms with van der Waals surface area (Å²) in [4.78, 5) is 38.3. The summed E-state index contributed by atoms with van der Waals surface area (Å²) < 4.78 is 34.5. The largest absolute Gasteiger partial charge is 0.756 e. The number of carbonyl (C=O) groups is 2. The van der Waals surface area contributed by atoms with E-state index in [1.165, 1.54) is 244 Å². The lowest BCUT2D eigenvalue weighted by Gasteiger charge is -2.28. The average Bonchev–Trinajstić information content (AvgIpc) is 0.913. The van der Waals surface area contributed by atoms with E-state index >= 15 is 0 Å². The van der Waals surface area contributed by atoms with Crippen molar-refractivity contribution in [1.29, 1.82) is 0 Å². The number of allylic oxidation sites excluding steroid dienone is 22. The van der Waals surface area contributed by atoms with Crippen molar-refractivity contribution < 1.29 is 42.1 Å². The quantitative estimate of drug-likeness (QED) is 0.0195. The number of esters is 2. The number of hydrogen-bond donors (Lipinski definition) is 0. The first kappa shape index (κ1) is 98.2. The van der Waals surface area contributed by atoms with Crippen LogP contribution in [0, 0.1) is 0 Å². The van der Waals surface area contributed by atoms with Gasteiger partial charge in [-0.3, -0.25) is 14.2 Å². The maximum Gasteiger partial charge on any atom is 0.306 e. The Kier molecular flexibility index (Phi) is 78.2. The van der Waals surface area contributed by atoms with E-state index in [4.69, 9.17) is 18.5 Å². The van der Waals surface area contributed by atoms with Crippen molar-refractivity contribution >= 4 is 19.8 Å². The van der Waals surface area contributed by atoms with Gasteiger partial charge in [0.05, 0.1) is 27.7 Å². The van der Waals surface area contributed by atoms with Crippen LogP contribution < -0.4 is 4.89 Å². The standard InChI is InChI=1S/C92H162NO8P/c1-6-8-10-12-14-16-18-20-22-24-26-28-30-32-34-36-38-40-42-44-45-46-47-49-50-52-54-56-58-60-62-64-66-68-70-72-74-76-78-80-82-84-91(94)98-88-90(89-100-102(96,97)99-87-86-93(3,4)5)101-92(95)85-83-81-79-77-75-73-71-69-67-65-63-61-59-57-55-53-51-48-43-41-39-37-35-33-31-29-27-25-23-21-19-17-15-13-11-9-7-2/h8-11,14-17,20-23,26-29,32-35,39,41,90H,6-7,12-13,18-19,24-25,30-31,36-38,40,42-89H2,1-5H3/b10-8-,11-9-,16-14-,17-15-,22-20-,23-21-,28-26-,29-27-,34-32-,35-33-,41-39-. The number of likely N-dealkylation sites (N-methyl/N-ethyl adjacent to an activating group) is 1. The number of carbonyl (C=O) groups excluding carboxylic acids is 2. The Morgan fingerprint density at radius 1 is 0.304 bits per heavy atom. The van der Waals surface area contributed by atoms with Crippen LogP contribution in [0.4, 0.5) is 0 Å². The molecule has 0 saturated heterocycles. The van der Waals surface area contributed by atoms with E-state index < -0.39 is 26.5 Å². The molecule has 0 spiro atoms. The van der Waals surface area contributed by atoms with Gasteiger partial charge in [0.15, 0.2) is 6.10 Å². The second-order valence-electron chi connectivity index (χ2n) is 29.8. The van der Waals surface area contributed by atoms with E-state index in [1.807, 2.05) is 21.1 Å². The number of unbranched alkanes of at least 4 members (excludes halogenated alkanes) is 43. The predicted molar refractivity (Wildman–Crippen MR) is 443 cm³/mol. The number of nitrogens with zero attached hydrogens (tertiary/aromatic N) is 1. The molecule has 2 unspecified atom stereocenters. The van der Waals surface area contributed by atoms with Crippen LogP contribution in [0.25, 0.3) is 0 Å². The Morgan fingerprint density at radius 2 is 0.529 bits per heavy atom. The Morgan fingerprint density at radius 3 is 0.784 bits per heavy atom. The summed E-state index contributed by atoms with van der Waals surface area (Å²) >= 11 is 0. The fourth-order valence-corrected chi connectivity index (χ4v) is 13.0. The molecule has 0 N–H and O–H groups in total. The molecule has 0 heterocycles. The van der Waals surface area contributed by atoms with E-state index in [-0.39, 0.29) is 32.0 Å². The molecule has 0 rings (SSSR count). The minimum absolute atomic E-state index is 0.0319. The molecule has 9 nitrogen and oxygen atoms in total. The highest BCUT2D eigenvalue weighted by atomic mass is 31.2. The number of phosphoric acid groups is 1. The van der Waals surface area contributed by atoms with Gasteiger partial charge in [-0.1, -0.05) is 398 Å². The van der Waals surface area contributed by atoms with Crippen molar-refractivity contribution in [1.82, 2.24) is 0 Å². The SMILES string of the molecule is CC/C=C\C/C=C\C/C=C\C/C=C\C/C=C\C/C=C\CCCCCCCCCCCCCCCCCCCCC(=O)OC(COC(=O)CCCCCCCCCCCCCCCCCCCCCCCCCCC/C=C\C/C=C\C/C=C\C/C=C\C/C=C\CC)COP(=O)([O-])OCC[N+](C)(C)C. The summed E-state index contributed by atoms with van der Waals surface area (Å²) in [6.45, 7) is 4.06. The zero-order chi connectivity index (χ0) is 74.0. The zero-order valence-electron chi connectivity index (χ0n) is 67.3. The molecule has 0 saturated carbocycles. The van der Waals surface area contributed by atoms with E-state index in [0.29, 0.717) is 17.4 Å². The molecule has 0 radical (unpaired) electrons. The first-order valence-electron chi connectivity index (χ1n) is 42.9. The van der Waals surface area contributed by atoms with E-state index in [0.717, 1.165) is 109 Å².